The second kappa shape index (κ2) is 16.3. The molecule has 0 heterocycles. The van der Waals surface area contributed by atoms with Crippen molar-refractivity contribution in [3.8, 4) is 0 Å². The third-order valence-electron chi connectivity index (χ3n) is 8.20. The van der Waals surface area contributed by atoms with E-state index in [1.54, 1.807) is 24.3 Å². The predicted octanol–water partition coefficient (Wildman–Crippen LogP) is 6.63. The number of amides is 2. The van der Waals surface area contributed by atoms with E-state index in [0.717, 1.165) is 16.6 Å². The smallest absolute Gasteiger partial charge is 0.475 e. The molecule has 0 aromatic heterocycles. The topological polar surface area (TPSA) is 108 Å². The summed E-state index contributed by atoms with van der Waals surface area (Å²) in [6.45, 7) is 1.18. The molecule has 0 unspecified atom stereocenters. The van der Waals surface area contributed by atoms with Crippen molar-refractivity contribution < 1.29 is 41.4 Å². The van der Waals surface area contributed by atoms with E-state index in [0.29, 0.717) is 42.9 Å². The summed E-state index contributed by atoms with van der Waals surface area (Å²) in [5, 5.41) is 16.7. The van der Waals surface area contributed by atoms with Crippen molar-refractivity contribution in [3.05, 3.63) is 106 Å². The van der Waals surface area contributed by atoms with Crippen molar-refractivity contribution in [2.45, 2.75) is 56.3 Å². The van der Waals surface area contributed by atoms with Crippen molar-refractivity contribution in [2.24, 2.45) is 11.8 Å². The average Bonchev–Trinajstić information content (AvgIpc) is 3.85. The minimum atomic E-state index is -5.08. The second-order valence-corrected chi connectivity index (χ2v) is 12.7. The number of carbonyl (C=O) groups excluding carboxylic acids is 2. The molecule has 2 aliphatic rings. The maximum Gasteiger partial charge on any atom is 0.490 e. The van der Waals surface area contributed by atoms with E-state index in [-0.39, 0.29) is 41.3 Å². The molecule has 0 spiro atoms. The Balaban J connectivity index is 0.000000644. The Morgan fingerprint density at radius 3 is 1.85 bits per heavy atom. The van der Waals surface area contributed by atoms with Gasteiger partial charge in [-0.05, 0) is 104 Å². The SMILES string of the molecule is O=C(CNCC1CC1)N[C@@H]1CC[C@@H](C(=O)NC(c2ccc(F)cc2)c2ccc(F)cc2)[C@H](c2ccc(Br)cc2)C1.O=C(O)C(F)(F)F. The van der Waals surface area contributed by atoms with Crippen LogP contribution in [0.3, 0.4) is 0 Å². The molecule has 252 valence electrons. The summed E-state index contributed by atoms with van der Waals surface area (Å²) in [4.78, 5) is 35.4. The third kappa shape index (κ3) is 11.1. The van der Waals surface area contributed by atoms with E-state index in [1.807, 2.05) is 24.3 Å². The van der Waals surface area contributed by atoms with Crippen LogP contribution in [-0.4, -0.2) is 48.2 Å². The molecule has 2 aliphatic carbocycles. The van der Waals surface area contributed by atoms with Crippen LogP contribution in [0.2, 0.25) is 0 Å². The number of alkyl halides is 3. The van der Waals surface area contributed by atoms with E-state index in [2.05, 4.69) is 31.9 Å². The van der Waals surface area contributed by atoms with Crippen LogP contribution < -0.4 is 16.0 Å². The molecule has 13 heteroatoms. The minimum absolute atomic E-state index is 0.0178. The van der Waals surface area contributed by atoms with Crippen LogP contribution in [0.15, 0.2) is 77.3 Å². The van der Waals surface area contributed by atoms with Gasteiger partial charge in [0.05, 0.1) is 12.6 Å². The molecule has 2 saturated carbocycles. The molecule has 0 radical (unpaired) electrons. The maximum absolute atomic E-state index is 13.9. The number of halogens is 6. The first kappa shape index (κ1) is 36.0. The van der Waals surface area contributed by atoms with Crippen molar-refractivity contribution in [2.75, 3.05) is 13.1 Å². The Morgan fingerprint density at radius 1 is 0.830 bits per heavy atom. The van der Waals surface area contributed by atoms with Gasteiger partial charge in [0.2, 0.25) is 11.8 Å². The first-order chi connectivity index (χ1) is 22.3. The molecule has 0 bridgehead atoms. The largest absolute Gasteiger partial charge is 0.490 e. The van der Waals surface area contributed by atoms with E-state index < -0.39 is 18.2 Å². The fourth-order valence-corrected chi connectivity index (χ4v) is 5.87. The first-order valence-electron chi connectivity index (χ1n) is 15.2. The zero-order valence-electron chi connectivity index (χ0n) is 25.2. The zero-order valence-corrected chi connectivity index (χ0v) is 26.8. The Kier molecular flexibility index (Phi) is 12.5. The molecule has 4 N–H and O–H groups in total. The van der Waals surface area contributed by atoms with Crippen molar-refractivity contribution in [1.29, 1.82) is 0 Å². The zero-order chi connectivity index (χ0) is 34.1. The molecule has 7 nitrogen and oxygen atoms in total. The van der Waals surface area contributed by atoms with Gasteiger partial charge in [-0.1, -0.05) is 52.3 Å². The molecular weight excluding hydrogens is 689 g/mol. The highest BCUT2D eigenvalue weighted by Crippen LogP contribution is 2.39. The van der Waals surface area contributed by atoms with Crippen molar-refractivity contribution in [1.82, 2.24) is 16.0 Å². The number of carbonyl (C=O) groups is 3. The standard InChI is InChI=1S/C32H34BrF2N3O2.C2HF3O2/c33-24-9-3-21(4-10-24)29-17-27(37-30(39)19-36-18-20-1-2-20)15-16-28(29)32(40)38-31(22-5-11-25(34)12-6-22)23-7-13-26(35)14-8-23;3-2(4,5)1(6)7/h3-14,20,27-29,31,36H,1-2,15-19H2,(H,37,39)(H,38,40);(H,6,7)/t27-,28-,29+;/m1./s1. The monoisotopic (exact) mass is 723 g/mol. The van der Waals surface area contributed by atoms with Gasteiger partial charge in [-0.3, -0.25) is 9.59 Å². The number of benzene rings is 3. The lowest BCUT2D eigenvalue weighted by Crippen LogP contribution is -2.46. The van der Waals surface area contributed by atoms with Gasteiger partial charge in [0.15, 0.2) is 0 Å². The number of hydrogen-bond donors (Lipinski definition) is 4. The fourth-order valence-electron chi connectivity index (χ4n) is 5.60. The molecule has 5 rings (SSSR count). The molecule has 0 saturated heterocycles. The Morgan fingerprint density at radius 2 is 1.36 bits per heavy atom. The van der Waals surface area contributed by atoms with Gasteiger partial charge in [-0.2, -0.15) is 13.2 Å². The number of rotatable bonds is 10. The highest BCUT2D eigenvalue weighted by Gasteiger charge is 2.39. The van der Waals surface area contributed by atoms with Crippen LogP contribution in [0, 0.1) is 23.5 Å². The molecular formula is C34H35BrF5N3O4. The predicted molar refractivity (Wildman–Crippen MR) is 168 cm³/mol. The summed E-state index contributed by atoms with van der Waals surface area (Å²) in [5.74, 6) is -3.36. The highest BCUT2D eigenvalue weighted by atomic mass is 79.9. The number of carboxylic acid groups (broad SMARTS) is 1. The maximum atomic E-state index is 13.9. The Bertz CT molecular complexity index is 1450. The van der Waals surface area contributed by atoms with Crippen LogP contribution in [-0.2, 0) is 14.4 Å². The molecule has 3 aromatic rings. The van der Waals surface area contributed by atoms with Gasteiger partial charge in [0.25, 0.3) is 0 Å². The average molecular weight is 725 g/mol. The molecule has 3 atom stereocenters. The third-order valence-corrected chi connectivity index (χ3v) is 8.73. The van der Waals surface area contributed by atoms with Gasteiger partial charge in [-0.25, -0.2) is 13.6 Å². The van der Waals surface area contributed by atoms with Gasteiger partial charge < -0.3 is 21.1 Å². The van der Waals surface area contributed by atoms with Crippen LogP contribution >= 0.6 is 15.9 Å². The lowest BCUT2D eigenvalue weighted by Gasteiger charge is -2.37. The first-order valence-corrected chi connectivity index (χ1v) is 16.0. The lowest BCUT2D eigenvalue weighted by atomic mass is 9.73. The molecule has 47 heavy (non-hydrogen) atoms. The van der Waals surface area contributed by atoms with Crippen molar-refractivity contribution in [3.63, 3.8) is 0 Å². The lowest BCUT2D eigenvalue weighted by molar-refractivity contribution is -0.192. The molecule has 2 fully saturated rings. The van der Waals surface area contributed by atoms with Crippen LogP contribution in [0.5, 0.6) is 0 Å². The van der Waals surface area contributed by atoms with Gasteiger partial charge in [0.1, 0.15) is 11.6 Å². The van der Waals surface area contributed by atoms with E-state index in [9.17, 15) is 31.5 Å². The summed E-state index contributed by atoms with van der Waals surface area (Å²) < 4.78 is 60.1. The summed E-state index contributed by atoms with van der Waals surface area (Å²) in [5.41, 5.74) is 2.46. The number of hydrogen-bond acceptors (Lipinski definition) is 4. The number of aliphatic carboxylic acids is 1. The molecule has 2 amide bonds. The summed E-state index contributed by atoms with van der Waals surface area (Å²) in [6, 6.07) is 19.4. The molecule has 3 aromatic carbocycles. The van der Waals surface area contributed by atoms with Crippen LogP contribution in [0.25, 0.3) is 0 Å². The highest BCUT2D eigenvalue weighted by molar-refractivity contribution is 9.10. The Labute approximate surface area is 277 Å². The quantitative estimate of drug-likeness (QED) is 0.176. The van der Waals surface area contributed by atoms with E-state index in [4.69, 9.17) is 9.90 Å². The van der Waals surface area contributed by atoms with Crippen LogP contribution in [0.1, 0.15) is 60.8 Å². The summed E-state index contributed by atoms with van der Waals surface area (Å²) >= 11 is 3.49. The molecule has 0 aliphatic heterocycles. The van der Waals surface area contributed by atoms with E-state index >= 15 is 0 Å². The van der Waals surface area contributed by atoms with E-state index in [1.165, 1.54) is 37.1 Å². The fraction of sp³-hybridized carbons (Fsp3) is 0.382. The second-order valence-electron chi connectivity index (χ2n) is 11.8. The Hall–Kier alpha value is -3.84. The normalized spacial score (nSPS) is 19.3. The summed E-state index contributed by atoms with van der Waals surface area (Å²) in [6.07, 6.45) is -0.673. The van der Waals surface area contributed by atoms with Crippen LogP contribution in [0.4, 0.5) is 22.0 Å². The van der Waals surface area contributed by atoms with Crippen molar-refractivity contribution >= 4 is 33.7 Å². The minimum Gasteiger partial charge on any atom is -0.475 e. The summed E-state index contributed by atoms with van der Waals surface area (Å²) in [7, 11) is 0. The number of nitrogens with one attached hydrogen (secondary N) is 3. The van der Waals surface area contributed by atoms with Gasteiger partial charge >= 0.3 is 12.1 Å². The van der Waals surface area contributed by atoms with Gasteiger partial charge in [-0.15, -0.1) is 0 Å². The number of carboxylic acids is 1. The van der Waals surface area contributed by atoms with Gasteiger partial charge in [0, 0.05) is 16.4 Å².